The molecule has 2 heterocycles. The monoisotopic (exact) mass is 420 g/mol. The minimum absolute atomic E-state index is 0.142. The van der Waals surface area contributed by atoms with Crippen LogP contribution in [-0.2, 0) is 11.2 Å². The molecule has 2 bridgehead atoms. The van der Waals surface area contributed by atoms with Gasteiger partial charge in [0, 0.05) is 12.5 Å². The van der Waals surface area contributed by atoms with E-state index in [-0.39, 0.29) is 24.2 Å². The Labute approximate surface area is 177 Å². The second-order valence-electron chi connectivity index (χ2n) is 8.15. The largest absolute Gasteiger partial charge is 0.339 e. The SMILES string of the molecule is N#CC(Cc1ccc(-c2ccc3ncsc3c2)cc1F)NC(=O)[C@H]1N[C@@H]2CC[C@H]1C2. The van der Waals surface area contributed by atoms with Gasteiger partial charge in [0.2, 0.25) is 5.91 Å². The smallest absolute Gasteiger partial charge is 0.238 e. The number of rotatable bonds is 5. The molecule has 30 heavy (non-hydrogen) atoms. The van der Waals surface area contributed by atoms with Crippen molar-refractivity contribution in [1.82, 2.24) is 15.6 Å². The number of fused-ring (bicyclic) bond motifs is 3. The van der Waals surface area contributed by atoms with Crippen molar-refractivity contribution in [3.8, 4) is 17.2 Å². The Morgan fingerprint density at radius 2 is 2.13 bits per heavy atom. The number of carbonyl (C=O) groups is 1. The van der Waals surface area contributed by atoms with E-state index in [9.17, 15) is 14.4 Å². The number of hydrogen-bond donors (Lipinski definition) is 2. The maximum absolute atomic E-state index is 14.8. The first-order chi connectivity index (χ1) is 14.6. The zero-order valence-electron chi connectivity index (χ0n) is 16.3. The molecule has 2 N–H and O–H groups in total. The summed E-state index contributed by atoms with van der Waals surface area (Å²) in [4.78, 5) is 16.8. The molecule has 1 aromatic heterocycles. The van der Waals surface area contributed by atoms with Gasteiger partial charge in [-0.15, -0.1) is 11.3 Å². The van der Waals surface area contributed by atoms with Crippen molar-refractivity contribution < 1.29 is 9.18 Å². The molecule has 1 aliphatic carbocycles. The minimum Gasteiger partial charge on any atom is -0.339 e. The van der Waals surface area contributed by atoms with Crippen LogP contribution in [0.25, 0.3) is 21.3 Å². The van der Waals surface area contributed by atoms with Crippen LogP contribution in [0.4, 0.5) is 4.39 Å². The third-order valence-corrected chi connectivity index (χ3v) is 7.05. The second kappa shape index (κ2) is 7.78. The Balaban J connectivity index is 1.29. The first-order valence-corrected chi connectivity index (χ1v) is 11.1. The van der Waals surface area contributed by atoms with Crippen LogP contribution in [0.2, 0.25) is 0 Å². The quantitative estimate of drug-likeness (QED) is 0.658. The summed E-state index contributed by atoms with van der Waals surface area (Å²) >= 11 is 1.55. The number of nitrogens with one attached hydrogen (secondary N) is 2. The van der Waals surface area contributed by atoms with Gasteiger partial charge in [0.05, 0.1) is 27.8 Å². The predicted octanol–water partition coefficient (Wildman–Crippen LogP) is 3.79. The number of piperidine rings is 1. The molecule has 5 rings (SSSR count). The lowest BCUT2D eigenvalue weighted by Crippen LogP contribution is -2.50. The molecule has 0 spiro atoms. The maximum Gasteiger partial charge on any atom is 0.238 e. The lowest BCUT2D eigenvalue weighted by Gasteiger charge is -2.23. The number of aromatic nitrogens is 1. The van der Waals surface area contributed by atoms with Crippen LogP contribution in [0.1, 0.15) is 24.8 Å². The van der Waals surface area contributed by atoms with Crippen LogP contribution in [0.3, 0.4) is 0 Å². The molecule has 0 radical (unpaired) electrons. The third kappa shape index (κ3) is 3.57. The molecule has 152 valence electrons. The fourth-order valence-corrected chi connectivity index (χ4v) is 5.40. The van der Waals surface area contributed by atoms with E-state index in [0.29, 0.717) is 17.5 Å². The van der Waals surface area contributed by atoms with Crippen LogP contribution in [0.5, 0.6) is 0 Å². The van der Waals surface area contributed by atoms with Gasteiger partial charge in [-0.05, 0) is 60.1 Å². The van der Waals surface area contributed by atoms with Crippen LogP contribution < -0.4 is 10.6 Å². The van der Waals surface area contributed by atoms with Gasteiger partial charge in [-0.1, -0.05) is 18.2 Å². The van der Waals surface area contributed by atoms with Gasteiger partial charge >= 0.3 is 0 Å². The highest BCUT2D eigenvalue weighted by atomic mass is 32.1. The van der Waals surface area contributed by atoms with Crippen molar-refractivity contribution in [3.63, 3.8) is 0 Å². The number of hydrogen-bond acceptors (Lipinski definition) is 5. The van der Waals surface area contributed by atoms with Gasteiger partial charge in [0.25, 0.3) is 0 Å². The zero-order valence-corrected chi connectivity index (χ0v) is 17.1. The molecule has 7 heteroatoms. The number of halogens is 1. The normalized spacial score (nSPS) is 23.4. The van der Waals surface area contributed by atoms with E-state index in [4.69, 9.17) is 0 Å². The van der Waals surface area contributed by atoms with Gasteiger partial charge in [-0.2, -0.15) is 5.26 Å². The molecule has 1 unspecified atom stereocenters. The lowest BCUT2D eigenvalue weighted by molar-refractivity contribution is -0.124. The summed E-state index contributed by atoms with van der Waals surface area (Å²) in [5.74, 6) is -0.172. The van der Waals surface area contributed by atoms with Gasteiger partial charge in [0.1, 0.15) is 11.9 Å². The fourth-order valence-electron chi connectivity index (χ4n) is 4.69. The third-order valence-electron chi connectivity index (χ3n) is 6.26. The summed E-state index contributed by atoms with van der Waals surface area (Å²) in [5, 5.41) is 15.6. The number of amides is 1. The predicted molar refractivity (Wildman–Crippen MR) is 114 cm³/mol. The van der Waals surface area contributed by atoms with E-state index in [1.165, 1.54) is 6.07 Å². The fraction of sp³-hybridized carbons (Fsp3) is 0.348. The Kier molecular flexibility index (Phi) is 4.97. The van der Waals surface area contributed by atoms with E-state index in [1.807, 2.05) is 24.3 Å². The summed E-state index contributed by atoms with van der Waals surface area (Å²) in [5.41, 5.74) is 4.84. The zero-order chi connectivity index (χ0) is 20.7. The summed E-state index contributed by atoms with van der Waals surface area (Å²) in [6, 6.07) is 12.4. The topological polar surface area (TPSA) is 77.8 Å². The van der Waals surface area contributed by atoms with Gasteiger partial charge in [-0.25, -0.2) is 9.37 Å². The van der Waals surface area contributed by atoms with Crippen LogP contribution in [0.15, 0.2) is 41.9 Å². The van der Waals surface area contributed by atoms with E-state index in [2.05, 4.69) is 21.7 Å². The van der Waals surface area contributed by atoms with Gasteiger partial charge < -0.3 is 10.6 Å². The molecule has 1 aliphatic heterocycles. The van der Waals surface area contributed by atoms with Crippen molar-refractivity contribution >= 4 is 27.5 Å². The molecule has 1 saturated carbocycles. The molecule has 1 saturated heterocycles. The highest BCUT2D eigenvalue weighted by molar-refractivity contribution is 7.16. The molecule has 2 aliphatic rings. The standard InChI is InChI=1S/C23H21FN4OS/c24-19-9-13(14-4-6-20-21(10-14)30-12-26-20)1-2-15(19)7-18(11-25)28-23(29)22-16-3-5-17(8-16)27-22/h1-2,4,6,9-10,12,16-18,22,27H,3,5,7-8H2,(H,28,29)/t16-,17+,18?,22-/m0/s1. The average molecular weight is 421 g/mol. The van der Waals surface area contributed by atoms with Crippen LogP contribution in [-0.4, -0.2) is 29.0 Å². The average Bonchev–Trinajstić information content (AvgIpc) is 3.50. The Hall–Kier alpha value is -2.82. The van der Waals surface area contributed by atoms with E-state index in [1.54, 1.807) is 22.9 Å². The Bertz CT molecular complexity index is 1150. The lowest BCUT2D eigenvalue weighted by atomic mass is 9.97. The summed E-state index contributed by atoms with van der Waals surface area (Å²) < 4.78 is 15.9. The molecule has 4 atom stereocenters. The van der Waals surface area contributed by atoms with Crippen LogP contribution in [0, 0.1) is 23.1 Å². The maximum atomic E-state index is 14.8. The van der Waals surface area contributed by atoms with Crippen molar-refractivity contribution in [2.24, 2.45) is 5.92 Å². The van der Waals surface area contributed by atoms with Crippen molar-refractivity contribution in [2.45, 2.75) is 43.8 Å². The Morgan fingerprint density at radius 1 is 1.30 bits per heavy atom. The molecule has 2 fully saturated rings. The first kappa shape index (κ1) is 19.2. The van der Waals surface area contributed by atoms with E-state index >= 15 is 0 Å². The van der Waals surface area contributed by atoms with Crippen molar-refractivity contribution in [2.75, 3.05) is 0 Å². The molecular formula is C23H21FN4OS. The van der Waals surface area contributed by atoms with Crippen LogP contribution >= 0.6 is 11.3 Å². The molecule has 2 aromatic carbocycles. The number of carbonyl (C=O) groups excluding carboxylic acids is 1. The minimum atomic E-state index is -0.757. The number of thiazole rings is 1. The summed E-state index contributed by atoms with van der Waals surface area (Å²) in [6.07, 6.45) is 3.34. The number of nitrogens with zero attached hydrogens (tertiary/aromatic N) is 2. The summed E-state index contributed by atoms with van der Waals surface area (Å²) in [7, 11) is 0. The van der Waals surface area contributed by atoms with E-state index in [0.717, 1.165) is 40.6 Å². The molecular weight excluding hydrogens is 399 g/mol. The summed E-state index contributed by atoms with van der Waals surface area (Å²) in [6.45, 7) is 0. The first-order valence-electron chi connectivity index (χ1n) is 10.2. The van der Waals surface area contributed by atoms with Gasteiger partial charge in [-0.3, -0.25) is 4.79 Å². The highest BCUT2D eigenvalue weighted by Gasteiger charge is 2.43. The highest BCUT2D eigenvalue weighted by Crippen LogP contribution is 2.35. The van der Waals surface area contributed by atoms with Gasteiger partial charge in [0.15, 0.2) is 0 Å². The Morgan fingerprint density at radius 3 is 2.87 bits per heavy atom. The molecule has 3 aromatic rings. The van der Waals surface area contributed by atoms with E-state index < -0.39 is 6.04 Å². The number of nitriles is 1. The molecule has 1 amide bonds. The van der Waals surface area contributed by atoms with Crippen molar-refractivity contribution in [3.05, 3.63) is 53.3 Å². The van der Waals surface area contributed by atoms with Crippen molar-refractivity contribution in [1.29, 1.82) is 5.26 Å². The number of benzene rings is 2. The second-order valence-corrected chi connectivity index (χ2v) is 9.04. The molecule has 5 nitrogen and oxygen atoms in total.